The molecule has 3 nitrogen and oxygen atoms in total. The molecule has 5 heteroatoms. The first kappa shape index (κ1) is 8.25. The van der Waals surface area contributed by atoms with Gasteiger partial charge in [-0.15, -0.1) is 2.52 Å². The smallest absolute Gasteiger partial charge is 0.211 e. The number of nitrogens with zero attached hydrogens (tertiary/aromatic N) is 1. The van der Waals surface area contributed by atoms with E-state index in [0.29, 0.717) is 17.7 Å². The van der Waals surface area contributed by atoms with Crippen molar-refractivity contribution < 1.29 is 8.42 Å². The van der Waals surface area contributed by atoms with Gasteiger partial charge in [0.15, 0.2) is 0 Å². The topological polar surface area (TPSA) is 37.4 Å². The van der Waals surface area contributed by atoms with Crippen molar-refractivity contribution in [3.63, 3.8) is 0 Å². The lowest BCUT2D eigenvalue weighted by Crippen LogP contribution is -2.22. The maximum atomic E-state index is 11.3. The zero-order valence-electron chi connectivity index (χ0n) is 6.03. The van der Waals surface area contributed by atoms with Gasteiger partial charge in [-0.2, -0.15) is 0 Å². The van der Waals surface area contributed by atoms with Crippen LogP contribution in [0.15, 0.2) is 0 Å². The van der Waals surface area contributed by atoms with Gasteiger partial charge in [-0.25, -0.2) is 8.42 Å². The fourth-order valence-corrected chi connectivity index (χ4v) is 5.01. The number of halogens is 1. The molecule has 2 rings (SSSR count). The number of fused-ring (bicyclic) bond motifs is 1. The summed E-state index contributed by atoms with van der Waals surface area (Å²) >= 11 is 1.94. The van der Waals surface area contributed by atoms with Crippen LogP contribution < -0.4 is 0 Å². The van der Waals surface area contributed by atoms with E-state index in [1.807, 2.05) is 22.9 Å². The lowest BCUT2D eigenvalue weighted by molar-refractivity contribution is 0.463. The van der Waals surface area contributed by atoms with E-state index < -0.39 is 10.0 Å². The van der Waals surface area contributed by atoms with E-state index in [9.17, 15) is 8.42 Å². The molecule has 1 saturated heterocycles. The van der Waals surface area contributed by atoms with E-state index >= 15 is 0 Å². The predicted octanol–water partition coefficient (Wildman–Crippen LogP) is 1.15. The minimum Gasteiger partial charge on any atom is -0.211 e. The molecule has 0 bridgehead atoms. The Labute approximate surface area is 80.7 Å². The Bertz CT molecular complexity index is 264. The number of hydrogen-bond acceptors (Lipinski definition) is 2. The Morgan fingerprint density at radius 3 is 2.73 bits per heavy atom. The Balaban J connectivity index is 2.30. The number of sulfonamides is 1. The second kappa shape index (κ2) is 2.56. The van der Waals surface area contributed by atoms with Gasteiger partial charge in [0.25, 0.3) is 0 Å². The quantitative estimate of drug-likeness (QED) is 0.495. The van der Waals surface area contributed by atoms with E-state index in [4.69, 9.17) is 0 Å². The Morgan fingerprint density at radius 2 is 2.09 bits per heavy atom. The third-order valence-electron chi connectivity index (χ3n) is 2.57. The summed E-state index contributed by atoms with van der Waals surface area (Å²) in [4.78, 5) is 0. The van der Waals surface area contributed by atoms with Crippen molar-refractivity contribution in [1.29, 1.82) is 0 Å². The molecule has 0 aromatic rings. The van der Waals surface area contributed by atoms with Crippen LogP contribution in [0.25, 0.3) is 0 Å². The Kier molecular flexibility index (Phi) is 1.92. The van der Waals surface area contributed by atoms with Gasteiger partial charge in [0.05, 0.1) is 5.75 Å². The highest BCUT2D eigenvalue weighted by Gasteiger charge is 2.45. The molecule has 0 radical (unpaired) electrons. The molecule has 0 N–H and O–H groups in total. The average Bonchev–Trinajstić information content (AvgIpc) is 2.39. The first-order valence-electron chi connectivity index (χ1n) is 3.79. The van der Waals surface area contributed by atoms with Crippen molar-refractivity contribution in [3.8, 4) is 0 Å². The van der Waals surface area contributed by atoms with Crippen LogP contribution >= 0.6 is 22.9 Å². The maximum Gasteiger partial charge on any atom is 0.223 e. The molecule has 2 fully saturated rings. The highest BCUT2D eigenvalue weighted by Crippen LogP contribution is 2.40. The number of hydrogen-bond donors (Lipinski definition) is 0. The largest absolute Gasteiger partial charge is 0.223 e. The lowest BCUT2D eigenvalue weighted by Gasteiger charge is -2.12. The van der Waals surface area contributed by atoms with E-state index in [-0.39, 0.29) is 0 Å². The van der Waals surface area contributed by atoms with Crippen molar-refractivity contribution in [2.75, 3.05) is 5.75 Å². The third kappa shape index (κ3) is 1.21. The molecule has 11 heavy (non-hydrogen) atoms. The first-order valence-corrected chi connectivity index (χ1v) is 6.36. The second-order valence-corrected chi connectivity index (χ2v) is 6.86. The molecule has 1 aliphatic carbocycles. The summed E-state index contributed by atoms with van der Waals surface area (Å²) in [6.45, 7) is 0. The van der Waals surface area contributed by atoms with Crippen LogP contribution in [-0.2, 0) is 10.0 Å². The van der Waals surface area contributed by atoms with Gasteiger partial charge < -0.3 is 0 Å². The summed E-state index contributed by atoms with van der Waals surface area (Å²) in [5.41, 5.74) is 0. The van der Waals surface area contributed by atoms with E-state index in [0.717, 1.165) is 12.8 Å². The van der Waals surface area contributed by atoms with Crippen LogP contribution in [-0.4, -0.2) is 22.7 Å². The van der Waals surface area contributed by atoms with Crippen molar-refractivity contribution in [2.24, 2.45) is 5.92 Å². The minimum atomic E-state index is -2.86. The van der Waals surface area contributed by atoms with Crippen LogP contribution in [0.2, 0.25) is 0 Å². The SMILES string of the molecule is O=S1(=O)CC2CCCC2N1I. The molecule has 0 aromatic heterocycles. The zero-order chi connectivity index (χ0) is 8.06. The molecule has 2 atom stereocenters. The summed E-state index contributed by atoms with van der Waals surface area (Å²) < 4.78 is 24.1. The summed E-state index contributed by atoms with van der Waals surface area (Å²) in [7, 11) is -2.86. The van der Waals surface area contributed by atoms with E-state index in [1.54, 1.807) is 2.52 Å². The molecule has 1 heterocycles. The summed E-state index contributed by atoms with van der Waals surface area (Å²) in [5, 5.41) is 0. The van der Waals surface area contributed by atoms with Gasteiger partial charge >= 0.3 is 0 Å². The molecule has 0 aromatic carbocycles. The van der Waals surface area contributed by atoms with Crippen LogP contribution in [0.1, 0.15) is 19.3 Å². The molecule has 0 amide bonds. The predicted molar refractivity (Wildman–Crippen MR) is 50.8 cm³/mol. The van der Waals surface area contributed by atoms with Gasteiger partial charge in [0.1, 0.15) is 0 Å². The summed E-state index contributed by atoms with van der Waals surface area (Å²) in [5.74, 6) is 0.817. The Hall–Kier alpha value is 0.640. The fraction of sp³-hybridized carbons (Fsp3) is 1.00. The molecule has 1 saturated carbocycles. The average molecular weight is 287 g/mol. The third-order valence-corrected chi connectivity index (χ3v) is 6.74. The van der Waals surface area contributed by atoms with Crippen molar-refractivity contribution in [2.45, 2.75) is 25.3 Å². The molecular formula is C6H10INO2S. The van der Waals surface area contributed by atoms with Crippen molar-refractivity contribution in [1.82, 2.24) is 2.52 Å². The highest BCUT2D eigenvalue weighted by atomic mass is 127. The van der Waals surface area contributed by atoms with Crippen molar-refractivity contribution >= 4 is 32.9 Å². The first-order chi connectivity index (χ1) is 5.11. The molecular weight excluding hydrogens is 277 g/mol. The summed E-state index contributed by atoms with van der Waals surface area (Å²) in [6.07, 6.45) is 3.36. The molecule has 0 spiro atoms. The standard InChI is InChI=1S/C6H10INO2S/c7-8-6-3-1-2-5(6)4-11(8,9)10/h5-6H,1-4H2. The van der Waals surface area contributed by atoms with Gasteiger partial charge in [-0.05, 0) is 18.8 Å². The zero-order valence-corrected chi connectivity index (χ0v) is 9.01. The number of rotatable bonds is 0. The van der Waals surface area contributed by atoms with E-state index in [2.05, 4.69) is 0 Å². The van der Waals surface area contributed by atoms with Crippen LogP contribution in [0, 0.1) is 5.92 Å². The monoisotopic (exact) mass is 287 g/mol. The molecule has 64 valence electrons. The highest BCUT2D eigenvalue weighted by molar-refractivity contribution is 14.1. The van der Waals surface area contributed by atoms with Gasteiger partial charge in [0.2, 0.25) is 10.0 Å². The Morgan fingerprint density at radius 1 is 1.36 bits per heavy atom. The lowest BCUT2D eigenvalue weighted by atomic mass is 10.1. The van der Waals surface area contributed by atoms with Crippen molar-refractivity contribution in [3.05, 3.63) is 0 Å². The summed E-state index contributed by atoms with van der Waals surface area (Å²) in [6, 6.07) is 0.320. The van der Waals surface area contributed by atoms with E-state index in [1.165, 1.54) is 6.42 Å². The van der Waals surface area contributed by atoms with Gasteiger partial charge in [-0.1, -0.05) is 6.42 Å². The fourth-order valence-electron chi connectivity index (χ4n) is 2.03. The normalized spacial score (nSPS) is 42.6. The van der Waals surface area contributed by atoms with Gasteiger partial charge in [0, 0.05) is 28.9 Å². The minimum absolute atomic E-state index is 0.320. The van der Waals surface area contributed by atoms with Crippen LogP contribution in [0.4, 0.5) is 0 Å². The molecule has 1 aliphatic heterocycles. The molecule has 2 unspecified atom stereocenters. The van der Waals surface area contributed by atoms with Crippen LogP contribution in [0.3, 0.4) is 0 Å². The van der Waals surface area contributed by atoms with Crippen LogP contribution in [0.5, 0.6) is 0 Å². The second-order valence-electron chi connectivity index (χ2n) is 3.28. The van der Waals surface area contributed by atoms with Gasteiger partial charge in [-0.3, -0.25) is 0 Å². The molecule has 2 aliphatic rings. The maximum absolute atomic E-state index is 11.3.